The van der Waals surface area contributed by atoms with Crippen LogP contribution in [0.4, 0.5) is 0 Å². The van der Waals surface area contributed by atoms with Gasteiger partial charge < -0.3 is 0 Å². The zero-order valence-corrected chi connectivity index (χ0v) is 10.7. The molecule has 1 rings (SSSR count). The van der Waals surface area contributed by atoms with E-state index in [4.69, 9.17) is 0 Å². The van der Waals surface area contributed by atoms with E-state index in [9.17, 15) is 0 Å². The average molecular weight is 204 g/mol. The maximum Gasteiger partial charge on any atom is -0.0141 e. The van der Waals surface area contributed by atoms with Crippen LogP contribution < -0.4 is 0 Å². The van der Waals surface area contributed by atoms with Gasteiger partial charge in [-0.15, -0.1) is 0 Å². The first-order valence-corrected chi connectivity index (χ1v) is 6.16. The van der Waals surface area contributed by atoms with Crippen molar-refractivity contribution in [3.63, 3.8) is 0 Å². The Balaban J connectivity index is 2.98. The van der Waals surface area contributed by atoms with Crippen molar-refractivity contribution in [2.24, 2.45) is 5.92 Å². The lowest BCUT2D eigenvalue weighted by atomic mass is 9.85. The third-order valence-corrected chi connectivity index (χ3v) is 3.25. The predicted molar refractivity (Wildman–Crippen MR) is 68.4 cm³/mol. The second-order valence-corrected chi connectivity index (χ2v) is 5.08. The SMILES string of the molecule is CCC(c1cccc(C(C)C)c1)C(C)C. The molecule has 0 aliphatic rings. The van der Waals surface area contributed by atoms with Gasteiger partial charge in [-0.05, 0) is 35.3 Å². The first-order valence-electron chi connectivity index (χ1n) is 6.16. The summed E-state index contributed by atoms with van der Waals surface area (Å²) in [5.41, 5.74) is 2.98. The average Bonchev–Trinajstić information content (AvgIpc) is 2.18. The fourth-order valence-electron chi connectivity index (χ4n) is 2.24. The van der Waals surface area contributed by atoms with Crippen molar-refractivity contribution in [2.45, 2.75) is 52.9 Å². The first-order chi connectivity index (χ1) is 7.06. The zero-order valence-electron chi connectivity index (χ0n) is 10.7. The van der Waals surface area contributed by atoms with E-state index in [0.717, 1.165) is 5.92 Å². The summed E-state index contributed by atoms with van der Waals surface area (Å²) in [6.07, 6.45) is 1.24. The van der Waals surface area contributed by atoms with Crippen molar-refractivity contribution in [1.82, 2.24) is 0 Å². The Bertz CT molecular complexity index is 297. The molecule has 0 heterocycles. The Hall–Kier alpha value is -0.780. The lowest BCUT2D eigenvalue weighted by molar-refractivity contribution is 0.485. The van der Waals surface area contributed by atoms with Gasteiger partial charge in [0.05, 0.1) is 0 Å². The summed E-state index contributed by atoms with van der Waals surface area (Å²) in [6.45, 7) is 11.4. The number of rotatable bonds is 4. The molecule has 1 aromatic rings. The van der Waals surface area contributed by atoms with Gasteiger partial charge in [-0.2, -0.15) is 0 Å². The van der Waals surface area contributed by atoms with Crippen molar-refractivity contribution < 1.29 is 0 Å². The van der Waals surface area contributed by atoms with E-state index in [2.05, 4.69) is 58.9 Å². The molecule has 1 unspecified atom stereocenters. The Kier molecular flexibility index (Phi) is 4.38. The molecule has 0 saturated carbocycles. The minimum atomic E-state index is 0.634. The zero-order chi connectivity index (χ0) is 11.4. The van der Waals surface area contributed by atoms with Gasteiger partial charge in [0.15, 0.2) is 0 Å². The van der Waals surface area contributed by atoms with Gasteiger partial charge in [0, 0.05) is 0 Å². The predicted octanol–water partition coefficient (Wildman–Crippen LogP) is 4.96. The van der Waals surface area contributed by atoms with Gasteiger partial charge in [-0.25, -0.2) is 0 Å². The standard InChI is InChI=1S/C15H24/c1-6-15(12(4)5)14-9-7-8-13(10-14)11(2)3/h7-12,15H,6H2,1-5H3. The molecular weight excluding hydrogens is 180 g/mol. The van der Waals surface area contributed by atoms with Crippen LogP contribution in [0.3, 0.4) is 0 Å². The highest BCUT2D eigenvalue weighted by Crippen LogP contribution is 2.29. The van der Waals surface area contributed by atoms with Crippen LogP contribution in [0.5, 0.6) is 0 Å². The third-order valence-electron chi connectivity index (χ3n) is 3.25. The Morgan fingerprint density at radius 3 is 2.07 bits per heavy atom. The van der Waals surface area contributed by atoms with Crippen LogP contribution in [-0.4, -0.2) is 0 Å². The fraction of sp³-hybridized carbons (Fsp3) is 0.600. The summed E-state index contributed by atoms with van der Waals surface area (Å²) >= 11 is 0. The molecular formula is C15H24. The largest absolute Gasteiger partial charge is 0.0648 e. The van der Waals surface area contributed by atoms with Crippen molar-refractivity contribution in [3.8, 4) is 0 Å². The molecule has 0 fully saturated rings. The van der Waals surface area contributed by atoms with Gasteiger partial charge in [0.1, 0.15) is 0 Å². The molecule has 1 aromatic carbocycles. The monoisotopic (exact) mass is 204 g/mol. The molecule has 1 atom stereocenters. The minimum Gasteiger partial charge on any atom is -0.0648 e. The highest BCUT2D eigenvalue weighted by atomic mass is 14.2. The topological polar surface area (TPSA) is 0 Å². The molecule has 0 bridgehead atoms. The molecule has 0 saturated heterocycles. The fourth-order valence-corrected chi connectivity index (χ4v) is 2.24. The van der Waals surface area contributed by atoms with E-state index in [-0.39, 0.29) is 0 Å². The van der Waals surface area contributed by atoms with Crippen LogP contribution in [0, 0.1) is 5.92 Å². The van der Waals surface area contributed by atoms with E-state index in [1.807, 2.05) is 0 Å². The van der Waals surface area contributed by atoms with Crippen LogP contribution in [0.15, 0.2) is 24.3 Å². The normalized spacial score (nSPS) is 13.5. The number of hydrogen-bond donors (Lipinski definition) is 0. The lowest BCUT2D eigenvalue weighted by Gasteiger charge is -2.20. The summed E-state index contributed by atoms with van der Waals surface area (Å²) in [5.74, 6) is 2.08. The van der Waals surface area contributed by atoms with Gasteiger partial charge in [-0.1, -0.05) is 58.9 Å². The summed E-state index contributed by atoms with van der Waals surface area (Å²) in [5, 5.41) is 0. The van der Waals surface area contributed by atoms with Crippen LogP contribution >= 0.6 is 0 Å². The molecule has 15 heavy (non-hydrogen) atoms. The minimum absolute atomic E-state index is 0.634. The summed E-state index contributed by atoms with van der Waals surface area (Å²) in [4.78, 5) is 0. The van der Waals surface area contributed by atoms with Crippen molar-refractivity contribution in [3.05, 3.63) is 35.4 Å². The molecule has 0 aliphatic heterocycles. The quantitative estimate of drug-likeness (QED) is 0.650. The molecule has 0 spiro atoms. The van der Waals surface area contributed by atoms with Crippen LogP contribution in [0.1, 0.15) is 64.0 Å². The first kappa shape index (κ1) is 12.3. The highest BCUT2D eigenvalue weighted by Gasteiger charge is 2.14. The molecule has 0 radical (unpaired) electrons. The van der Waals surface area contributed by atoms with Crippen molar-refractivity contribution in [2.75, 3.05) is 0 Å². The van der Waals surface area contributed by atoms with Gasteiger partial charge in [0.25, 0.3) is 0 Å². The van der Waals surface area contributed by atoms with Gasteiger partial charge in [0.2, 0.25) is 0 Å². The van der Waals surface area contributed by atoms with Gasteiger partial charge in [-0.3, -0.25) is 0 Å². The van der Waals surface area contributed by atoms with Crippen LogP contribution in [0.25, 0.3) is 0 Å². The highest BCUT2D eigenvalue weighted by molar-refractivity contribution is 5.28. The molecule has 0 heteroatoms. The van der Waals surface area contributed by atoms with Crippen molar-refractivity contribution in [1.29, 1.82) is 0 Å². The van der Waals surface area contributed by atoms with Crippen molar-refractivity contribution >= 4 is 0 Å². The van der Waals surface area contributed by atoms with E-state index in [1.165, 1.54) is 17.5 Å². The summed E-state index contributed by atoms with van der Waals surface area (Å²) in [6, 6.07) is 9.11. The molecule has 0 nitrogen and oxygen atoms in total. The van der Waals surface area contributed by atoms with Crippen LogP contribution in [-0.2, 0) is 0 Å². The second kappa shape index (κ2) is 5.34. The van der Waals surface area contributed by atoms with E-state index < -0.39 is 0 Å². The Labute approximate surface area is 94.7 Å². The molecule has 0 N–H and O–H groups in total. The smallest absolute Gasteiger partial charge is 0.0141 e. The van der Waals surface area contributed by atoms with Crippen LogP contribution in [0.2, 0.25) is 0 Å². The van der Waals surface area contributed by atoms with E-state index in [1.54, 1.807) is 0 Å². The Morgan fingerprint density at radius 2 is 1.60 bits per heavy atom. The number of hydrogen-bond acceptors (Lipinski definition) is 0. The summed E-state index contributed by atoms with van der Waals surface area (Å²) < 4.78 is 0. The van der Waals surface area contributed by atoms with E-state index in [0.29, 0.717) is 11.8 Å². The van der Waals surface area contributed by atoms with E-state index >= 15 is 0 Å². The molecule has 0 amide bonds. The molecule has 0 aromatic heterocycles. The third kappa shape index (κ3) is 3.09. The molecule has 0 aliphatic carbocycles. The lowest BCUT2D eigenvalue weighted by Crippen LogP contribution is -2.06. The summed E-state index contributed by atoms with van der Waals surface area (Å²) in [7, 11) is 0. The maximum absolute atomic E-state index is 2.39. The molecule has 84 valence electrons. The maximum atomic E-state index is 2.39. The second-order valence-electron chi connectivity index (χ2n) is 5.08. The number of benzene rings is 1. The van der Waals surface area contributed by atoms with Gasteiger partial charge >= 0.3 is 0 Å². The Morgan fingerprint density at radius 1 is 1.00 bits per heavy atom.